The molecule has 0 bridgehead atoms. The summed E-state index contributed by atoms with van der Waals surface area (Å²) in [7, 11) is -4.63. The molecular formula is C17H19N4O10P. The number of hydrogen-bond donors (Lipinski definition) is 6. The van der Waals surface area contributed by atoms with Gasteiger partial charge in [-0.25, -0.2) is 18.9 Å². The minimum absolute atomic E-state index is 0.00925. The molecule has 14 nitrogen and oxygen atoms in total. The minimum atomic E-state index is -4.63. The van der Waals surface area contributed by atoms with Crippen molar-refractivity contribution in [2.45, 2.75) is 24.9 Å². The van der Waals surface area contributed by atoms with Crippen LogP contribution < -0.4 is 16.5 Å². The average molecular weight is 470 g/mol. The van der Waals surface area contributed by atoms with Crippen LogP contribution >= 0.6 is 7.75 Å². The number of aliphatic hydroxyl groups excluding tert-OH is 1. The fourth-order valence-electron chi connectivity index (χ4n) is 2.99. The van der Waals surface area contributed by atoms with E-state index in [0.29, 0.717) is 0 Å². The third-order valence-corrected chi connectivity index (χ3v) is 5.52. The molecule has 32 heavy (non-hydrogen) atoms. The number of aromatic carboxylic acids is 2. The lowest BCUT2D eigenvalue weighted by molar-refractivity contribution is -0.0421. The van der Waals surface area contributed by atoms with Crippen molar-refractivity contribution in [3.63, 3.8) is 0 Å². The molecule has 1 fully saturated rings. The Hall–Kier alpha value is -3.29. The van der Waals surface area contributed by atoms with Crippen molar-refractivity contribution in [1.29, 1.82) is 0 Å². The quantitative estimate of drug-likeness (QED) is 0.282. The summed E-state index contributed by atoms with van der Waals surface area (Å²) in [4.78, 5) is 47.8. The molecule has 7 N–H and O–H groups in total. The van der Waals surface area contributed by atoms with E-state index in [1.807, 2.05) is 0 Å². The second-order valence-corrected chi connectivity index (χ2v) is 8.33. The molecule has 1 unspecified atom stereocenters. The van der Waals surface area contributed by atoms with Crippen molar-refractivity contribution in [2.24, 2.45) is 0 Å². The number of carbonyl (C=O) groups is 2. The van der Waals surface area contributed by atoms with E-state index in [1.165, 1.54) is 12.3 Å². The summed E-state index contributed by atoms with van der Waals surface area (Å²) in [5.74, 6) is -2.87. The Morgan fingerprint density at radius 1 is 1.28 bits per heavy atom. The topological polar surface area (TPSA) is 224 Å². The molecule has 1 aromatic carbocycles. The van der Waals surface area contributed by atoms with Crippen LogP contribution in [-0.2, 0) is 13.8 Å². The van der Waals surface area contributed by atoms with Gasteiger partial charge in [-0.1, -0.05) is 0 Å². The molecule has 4 atom stereocenters. The summed E-state index contributed by atoms with van der Waals surface area (Å²) in [6.07, 6.45) is -1.81. The lowest BCUT2D eigenvalue weighted by Gasteiger charge is -2.19. The summed E-state index contributed by atoms with van der Waals surface area (Å²) >= 11 is 0. The fourth-order valence-corrected chi connectivity index (χ4v) is 3.86. The molecule has 172 valence electrons. The Balaban J connectivity index is 1.67. The SMILES string of the molecule is Nc1ccn([C@H]2C[C@H](O)[C@@H](COP(=O)(O)Nc3cc(C(=O)O)cc(C(=O)O)c3)O2)c(=O)n1. The van der Waals surface area contributed by atoms with Gasteiger partial charge in [-0.05, 0) is 24.3 Å². The number of nitrogen functional groups attached to an aromatic ring is 1. The predicted molar refractivity (Wildman–Crippen MR) is 107 cm³/mol. The van der Waals surface area contributed by atoms with E-state index in [0.717, 1.165) is 22.8 Å². The maximum atomic E-state index is 12.4. The summed E-state index contributed by atoms with van der Waals surface area (Å²) in [6, 6.07) is 4.16. The van der Waals surface area contributed by atoms with Crippen LogP contribution in [0, 0.1) is 0 Å². The van der Waals surface area contributed by atoms with E-state index in [4.69, 9.17) is 25.2 Å². The van der Waals surface area contributed by atoms with Gasteiger partial charge in [0.15, 0.2) is 0 Å². The van der Waals surface area contributed by atoms with Gasteiger partial charge in [0.1, 0.15) is 18.1 Å². The van der Waals surface area contributed by atoms with Crippen LogP contribution in [0.15, 0.2) is 35.3 Å². The van der Waals surface area contributed by atoms with Crippen molar-refractivity contribution in [3.05, 3.63) is 52.1 Å². The predicted octanol–water partition coefficient (Wildman–Crippen LogP) is 0.0994. The maximum Gasteiger partial charge on any atom is 0.430 e. The van der Waals surface area contributed by atoms with Crippen molar-refractivity contribution in [3.8, 4) is 0 Å². The first kappa shape index (κ1) is 23.4. The summed E-state index contributed by atoms with van der Waals surface area (Å²) < 4.78 is 23.9. The van der Waals surface area contributed by atoms with Gasteiger partial charge in [0.25, 0.3) is 0 Å². The lowest BCUT2D eigenvalue weighted by atomic mass is 10.1. The maximum absolute atomic E-state index is 12.4. The number of carboxylic acids is 2. The highest BCUT2D eigenvalue weighted by atomic mass is 31.2. The molecule has 1 aliphatic rings. The number of rotatable bonds is 8. The van der Waals surface area contributed by atoms with Gasteiger partial charge in [0, 0.05) is 18.3 Å². The highest BCUT2D eigenvalue weighted by Gasteiger charge is 2.37. The van der Waals surface area contributed by atoms with Crippen molar-refractivity contribution < 1.29 is 43.6 Å². The first-order chi connectivity index (χ1) is 14.9. The Labute approximate surface area is 179 Å². The number of nitrogens with two attached hydrogens (primary N) is 1. The van der Waals surface area contributed by atoms with Crippen molar-refractivity contribution in [1.82, 2.24) is 9.55 Å². The zero-order valence-electron chi connectivity index (χ0n) is 16.2. The monoisotopic (exact) mass is 470 g/mol. The number of carboxylic acid groups (broad SMARTS) is 2. The molecular weight excluding hydrogens is 451 g/mol. The summed E-state index contributed by atoms with van der Waals surface area (Å²) in [5.41, 5.74) is 3.60. The molecule has 0 amide bonds. The summed E-state index contributed by atoms with van der Waals surface area (Å²) in [5, 5.41) is 30.4. The summed E-state index contributed by atoms with van der Waals surface area (Å²) in [6.45, 7) is -0.569. The number of benzene rings is 1. The van der Waals surface area contributed by atoms with Gasteiger partial charge in [0.05, 0.1) is 23.8 Å². The molecule has 0 saturated carbocycles. The lowest BCUT2D eigenvalue weighted by Crippen LogP contribution is -2.28. The number of aliphatic hydroxyl groups is 1. The van der Waals surface area contributed by atoms with Gasteiger partial charge < -0.3 is 30.7 Å². The molecule has 1 saturated heterocycles. The number of ether oxygens (including phenoxy) is 1. The zero-order valence-corrected chi connectivity index (χ0v) is 17.1. The Kier molecular flexibility index (Phi) is 6.62. The van der Waals surface area contributed by atoms with Gasteiger partial charge in [-0.3, -0.25) is 14.2 Å². The largest absolute Gasteiger partial charge is 0.478 e. The minimum Gasteiger partial charge on any atom is -0.478 e. The fraction of sp³-hybridized carbons (Fsp3) is 0.294. The molecule has 15 heteroatoms. The third-order valence-electron chi connectivity index (χ3n) is 4.48. The van der Waals surface area contributed by atoms with Crippen LogP contribution in [-0.4, -0.2) is 60.5 Å². The molecule has 1 aliphatic heterocycles. The van der Waals surface area contributed by atoms with Crippen molar-refractivity contribution in [2.75, 3.05) is 17.4 Å². The standard InChI is InChI=1S/C17H19N4O10P/c18-13-1-2-21(17(27)19-13)14-6-11(22)12(31-14)7-30-32(28,29)20-10-4-8(15(23)24)3-9(5-10)16(25)26/h1-5,11-12,14,22H,6-7H2,(H,23,24)(H,25,26)(H2,18,19,27)(H2,20,28,29)/t11-,12+,14+/m0/s1. The average Bonchev–Trinajstić information content (AvgIpc) is 3.06. The molecule has 2 heterocycles. The number of hydrogen-bond acceptors (Lipinski definition) is 9. The van der Waals surface area contributed by atoms with E-state index >= 15 is 0 Å². The van der Waals surface area contributed by atoms with E-state index in [-0.39, 0.29) is 17.9 Å². The highest BCUT2D eigenvalue weighted by molar-refractivity contribution is 7.54. The molecule has 1 aromatic heterocycles. The van der Waals surface area contributed by atoms with Crippen LogP contribution in [0.25, 0.3) is 0 Å². The zero-order chi connectivity index (χ0) is 23.6. The first-order valence-electron chi connectivity index (χ1n) is 9.00. The highest BCUT2D eigenvalue weighted by Crippen LogP contribution is 2.43. The molecule has 0 spiro atoms. The van der Waals surface area contributed by atoms with Crippen LogP contribution in [0.3, 0.4) is 0 Å². The van der Waals surface area contributed by atoms with Crippen LogP contribution in [0.5, 0.6) is 0 Å². The Bertz CT molecular complexity index is 1120. The van der Waals surface area contributed by atoms with Gasteiger partial charge in [-0.2, -0.15) is 4.98 Å². The number of anilines is 2. The van der Waals surface area contributed by atoms with Crippen LogP contribution in [0.1, 0.15) is 33.4 Å². The molecule has 0 aliphatic carbocycles. The van der Waals surface area contributed by atoms with Gasteiger partial charge in [0.2, 0.25) is 0 Å². The molecule has 3 rings (SSSR count). The van der Waals surface area contributed by atoms with Gasteiger partial charge >= 0.3 is 25.4 Å². The van der Waals surface area contributed by atoms with E-state index < -0.39 is 61.5 Å². The van der Waals surface area contributed by atoms with Crippen LogP contribution in [0.2, 0.25) is 0 Å². The van der Waals surface area contributed by atoms with E-state index in [9.17, 15) is 28.9 Å². The second kappa shape index (κ2) is 9.06. The Morgan fingerprint density at radius 2 is 1.91 bits per heavy atom. The number of nitrogens with one attached hydrogen (secondary N) is 1. The second-order valence-electron chi connectivity index (χ2n) is 6.81. The first-order valence-corrected chi connectivity index (χ1v) is 10.6. The smallest absolute Gasteiger partial charge is 0.430 e. The third kappa shape index (κ3) is 5.49. The normalized spacial score (nSPS) is 22.2. The molecule has 2 aromatic rings. The van der Waals surface area contributed by atoms with E-state index in [1.54, 1.807) is 0 Å². The number of aromatic nitrogens is 2. The van der Waals surface area contributed by atoms with Crippen LogP contribution in [0.4, 0.5) is 11.5 Å². The molecule has 0 radical (unpaired) electrons. The van der Waals surface area contributed by atoms with E-state index in [2.05, 4.69) is 10.1 Å². The van der Waals surface area contributed by atoms with Crippen molar-refractivity contribution >= 4 is 31.2 Å². The Morgan fingerprint density at radius 3 is 2.47 bits per heavy atom. The van der Waals surface area contributed by atoms with Gasteiger partial charge in [-0.15, -0.1) is 0 Å². The number of nitrogens with zero attached hydrogens (tertiary/aromatic N) is 2.